The zero-order valence-corrected chi connectivity index (χ0v) is 36.8. The van der Waals surface area contributed by atoms with E-state index in [4.69, 9.17) is 14.2 Å². The zero-order valence-electron chi connectivity index (χ0n) is 36.8. The topological polar surface area (TPSA) is 61.8 Å². The molecule has 0 amide bonds. The third-order valence-electron chi connectivity index (χ3n) is 10.5. The molecule has 0 rings (SSSR count). The van der Waals surface area contributed by atoms with Gasteiger partial charge in [0, 0.05) is 18.8 Å². The van der Waals surface area contributed by atoms with Crippen molar-refractivity contribution >= 4 is 11.9 Å². The highest BCUT2D eigenvalue weighted by Crippen LogP contribution is 2.16. The van der Waals surface area contributed by atoms with Crippen molar-refractivity contribution in [1.82, 2.24) is 0 Å². The summed E-state index contributed by atoms with van der Waals surface area (Å²) >= 11 is 0. The Morgan fingerprint density at radius 2 is 0.704 bits per heavy atom. The highest BCUT2D eigenvalue weighted by atomic mass is 16.6. The van der Waals surface area contributed by atoms with Gasteiger partial charge < -0.3 is 14.2 Å². The Kier molecular flexibility index (Phi) is 49.8. The van der Waals surface area contributed by atoms with Gasteiger partial charge in [-0.2, -0.15) is 0 Å². The first-order chi connectivity index (χ1) is 26.5. The molecule has 0 aromatic rings. The van der Waals surface area contributed by atoms with E-state index in [9.17, 15) is 9.59 Å². The minimum atomic E-state index is -0.378. The van der Waals surface area contributed by atoms with Gasteiger partial charge in [0.15, 0.2) is 0 Å². The van der Waals surface area contributed by atoms with Gasteiger partial charge in [0.2, 0.25) is 0 Å². The average molecular weight is 763 g/mol. The molecule has 0 N–H and O–H groups in total. The third kappa shape index (κ3) is 50.4. The van der Waals surface area contributed by atoms with Gasteiger partial charge in [0.1, 0.15) is 6.61 Å². The second kappa shape index (κ2) is 49.4. The Morgan fingerprint density at radius 3 is 1.02 bits per heavy atom. The maximum Gasteiger partial charge on any atom is 0.330 e. The number of ether oxygens (including phenoxy) is 3. The summed E-state index contributed by atoms with van der Waals surface area (Å²) in [6.45, 7) is 14.9. The molecular weight excluding hydrogens is 669 g/mol. The van der Waals surface area contributed by atoms with Crippen LogP contribution in [0, 0.1) is 0 Å². The summed E-state index contributed by atoms with van der Waals surface area (Å²) in [7, 11) is 0. The summed E-state index contributed by atoms with van der Waals surface area (Å²) in [6.07, 6.45) is 52.1. The van der Waals surface area contributed by atoms with Crippen molar-refractivity contribution in [2.45, 2.75) is 258 Å². The fourth-order valence-corrected chi connectivity index (χ4v) is 6.93. The SMILES string of the molecule is C=CC(=O)OC(C)CCCCCCCCCCCCCCCCCCC.C=CC(=O)OCCOCCCCCCCCCCCCCCCCCCCC. The number of hydrogen-bond acceptors (Lipinski definition) is 5. The molecular formula is C49H94O5. The molecule has 1 atom stereocenters. The van der Waals surface area contributed by atoms with E-state index < -0.39 is 0 Å². The second-order valence-electron chi connectivity index (χ2n) is 15.9. The number of carbonyl (C=O) groups is 2. The van der Waals surface area contributed by atoms with E-state index in [2.05, 4.69) is 27.0 Å². The Bertz CT molecular complexity index is 765. The molecule has 1 unspecified atom stereocenters. The van der Waals surface area contributed by atoms with Gasteiger partial charge in [-0.3, -0.25) is 0 Å². The minimum Gasteiger partial charge on any atom is -0.460 e. The predicted molar refractivity (Wildman–Crippen MR) is 235 cm³/mol. The van der Waals surface area contributed by atoms with Gasteiger partial charge in [-0.15, -0.1) is 0 Å². The van der Waals surface area contributed by atoms with Gasteiger partial charge in [-0.05, 0) is 26.2 Å². The fraction of sp³-hybridized carbons (Fsp3) is 0.878. The highest BCUT2D eigenvalue weighted by Gasteiger charge is 2.05. The lowest BCUT2D eigenvalue weighted by Crippen LogP contribution is -2.12. The van der Waals surface area contributed by atoms with E-state index in [1.807, 2.05) is 6.92 Å². The molecule has 0 fully saturated rings. The molecule has 0 spiro atoms. The van der Waals surface area contributed by atoms with Crippen molar-refractivity contribution in [2.75, 3.05) is 19.8 Å². The van der Waals surface area contributed by atoms with Gasteiger partial charge in [-0.25, -0.2) is 9.59 Å². The maximum atomic E-state index is 11.1. The largest absolute Gasteiger partial charge is 0.460 e. The van der Waals surface area contributed by atoms with Crippen LogP contribution in [0.1, 0.15) is 252 Å². The van der Waals surface area contributed by atoms with E-state index in [0.29, 0.717) is 13.2 Å². The van der Waals surface area contributed by atoms with Crippen LogP contribution in [0.2, 0.25) is 0 Å². The fourth-order valence-electron chi connectivity index (χ4n) is 6.93. The number of carbonyl (C=O) groups excluding carboxylic acids is 2. The molecule has 0 saturated carbocycles. The Labute approximate surface area is 338 Å². The lowest BCUT2D eigenvalue weighted by atomic mass is 10.0. The molecule has 5 nitrogen and oxygen atoms in total. The van der Waals surface area contributed by atoms with Gasteiger partial charge in [0.05, 0.1) is 12.7 Å². The van der Waals surface area contributed by atoms with Crippen LogP contribution in [0.3, 0.4) is 0 Å². The Hall–Kier alpha value is -1.62. The lowest BCUT2D eigenvalue weighted by molar-refractivity contribution is -0.142. The summed E-state index contributed by atoms with van der Waals surface area (Å²) < 4.78 is 15.5. The summed E-state index contributed by atoms with van der Waals surface area (Å²) in [5, 5.41) is 0. The van der Waals surface area contributed by atoms with E-state index in [-0.39, 0.29) is 18.0 Å². The molecule has 0 radical (unpaired) electrons. The van der Waals surface area contributed by atoms with Crippen molar-refractivity contribution in [3.05, 3.63) is 25.3 Å². The van der Waals surface area contributed by atoms with Crippen LogP contribution < -0.4 is 0 Å². The van der Waals surface area contributed by atoms with Gasteiger partial charge in [0.25, 0.3) is 0 Å². The number of rotatable bonds is 43. The van der Waals surface area contributed by atoms with Crippen LogP contribution >= 0.6 is 0 Å². The molecule has 0 bridgehead atoms. The van der Waals surface area contributed by atoms with Crippen molar-refractivity contribution in [1.29, 1.82) is 0 Å². The zero-order chi connectivity index (χ0) is 39.8. The normalized spacial score (nSPS) is 11.5. The lowest BCUT2D eigenvalue weighted by Gasteiger charge is -2.11. The van der Waals surface area contributed by atoms with Crippen LogP contribution in [-0.4, -0.2) is 37.9 Å². The van der Waals surface area contributed by atoms with Gasteiger partial charge >= 0.3 is 11.9 Å². The summed E-state index contributed by atoms with van der Waals surface area (Å²) in [4.78, 5) is 21.9. The molecule has 0 aromatic carbocycles. The van der Waals surface area contributed by atoms with E-state index >= 15 is 0 Å². The molecule has 0 aliphatic heterocycles. The highest BCUT2D eigenvalue weighted by molar-refractivity contribution is 5.81. The quantitative estimate of drug-likeness (QED) is 0.0352. The van der Waals surface area contributed by atoms with Crippen LogP contribution in [-0.2, 0) is 23.8 Å². The van der Waals surface area contributed by atoms with Gasteiger partial charge in [-0.1, -0.05) is 239 Å². The third-order valence-corrected chi connectivity index (χ3v) is 10.5. The molecule has 0 saturated heterocycles. The predicted octanol–water partition coefficient (Wildman–Crippen LogP) is 15.9. The Morgan fingerprint density at radius 1 is 0.407 bits per heavy atom. The van der Waals surface area contributed by atoms with Crippen molar-refractivity contribution in [3.8, 4) is 0 Å². The van der Waals surface area contributed by atoms with Crippen molar-refractivity contribution in [2.24, 2.45) is 0 Å². The van der Waals surface area contributed by atoms with Crippen LogP contribution in [0.25, 0.3) is 0 Å². The first-order valence-electron chi connectivity index (χ1n) is 23.7. The Balaban J connectivity index is 0. The van der Waals surface area contributed by atoms with Crippen LogP contribution in [0.5, 0.6) is 0 Å². The molecule has 5 heteroatoms. The summed E-state index contributed by atoms with van der Waals surface area (Å²) in [5.41, 5.74) is 0. The smallest absolute Gasteiger partial charge is 0.330 e. The summed E-state index contributed by atoms with van der Waals surface area (Å²) in [5.74, 6) is -0.679. The first kappa shape index (κ1) is 54.5. The molecule has 0 heterocycles. The first-order valence-corrected chi connectivity index (χ1v) is 23.7. The monoisotopic (exact) mass is 763 g/mol. The average Bonchev–Trinajstić information content (AvgIpc) is 3.18. The maximum absolute atomic E-state index is 11.1. The molecule has 0 aromatic heterocycles. The van der Waals surface area contributed by atoms with Crippen LogP contribution in [0.4, 0.5) is 0 Å². The van der Waals surface area contributed by atoms with E-state index in [1.54, 1.807) is 0 Å². The number of hydrogen-bond donors (Lipinski definition) is 0. The van der Waals surface area contributed by atoms with E-state index in [1.165, 1.54) is 224 Å². The van der Waals surface area contributed by atoms with Crippen molar-refractivity contribution in [3.63, 3.8) is 0 Å². The number of esters is 2. The molecule has 54 heavy (non-hydrogen) atoms. The standard InChI is InChI=1S/C25H48O3.C24H46O2/c1-3-5-6-7-8-9-10-11-12-13-14-15-16-17-18-19-20-21-22-27-23-24-28-25(26)4-2;1-4-6-7-8-9-10-11-12-13-14-15-16-17-18-19-20-21-22-23(3)26-24(25)5-2/h4H,2-3,5-24H2,1H3;5,23H,2,4,6-22H2,1,3H3. The molecule has 320 valence electrons. The van der Waals surface area contributed by atoms with Crippen molar-refractivity contribution < 1.29 is 23.8 Å². The molecule has 0 aliphatic rings. The second-order valence-corrected chi connectivity index (χ2v) is 15.9. The minimum absolute atomic E-state index is 0.0249. The summed E-state index contributed by atoms with van der Waals surface area (Å²) in [6, 6.07) is 0. The van der Waals surface area contributed by atoms with E-state index in [0.717, 1.165) is 25.9 Å². The molecule has 0 aliphatic carbocycles. The van der Waals surface area contributed by atoms with Crippen LogP contribution in [0.15, 0.2) is 25.3 Å². The number of unbranched alkanes of at least 4 members (excludes halogenated alkanes) is 33.